The zero-order valence-electron chi connectivity index (χ0n) is 21.6. The summed E-state index contributed by atoms with van der Waals surface area (Å²) in [6.45, 7) is 3.55. The highest BCUT2D eigenvalue weighted by molar-refractivity contribution is 7.93. The Hall–Kier alpha value is -4.31. The van der Waals surface area contributed by atoms with Gasteiger partial charge in [-0.25, -0.2) is 13.2 Å². The Labute approximate surface area is 220 Å². The van der Waals surface area contributed by atoms with Gasteiger partial charge >= 0.3 is 5.97 Å². The van der Waals surface area contributed by atoms with Crippen molar-refractivity contribution in [2.24, 2.45) is 0 Å². The molecule has 0 bridgehead atoms. The fraction of sp³-hybridized carbons (Fsp3) is 0.214. The van der Waals surface area contributed by atoms with Crippen molar-refractivity contribution in [2.75, 3.05) is 25.6 Å². The Kier molecular flexibility index (Phi) is 7.45. The van der Waals surface area contributed by atoms with Crippen LogP contribution in [0.2, 0.25) is 0 Å². The summed E-state index contributed by atoms with van der Waals surface area (Å²) >= 11 is 0. The van der Waals surface area contributed by atoms with Crippen molar-refractivity contribution < 1.29 is 36.6 Å². The number of hydrogen-bond donors (Lipinski definition) is 0. The minimum absolute atomic E-state index is 0.0130. The highest BCUT2D eigenvalue weighted by atomic mass is 32.2. The fourth-order valence-electron chi connectivity index (χ4n) is 4.22. The molecule has 0 saturated carbocycles. The molecular weight excluding hydrogens is 510 g/mol. The molecule has 3 aromatic carbocycles. The number of esters is 1. The third-order valence-corrected chi connectivity index (χ3v) is 7.89. The fourth-order valence-corrected chi connectivity index (χ4v) is 5.61. The minimum atomic E-state index is -4.45. The molecule has 10 heteroatoms. The second-order valence-corrected chi connectivity index (χ2v) is 10.1. The Bertz CT molecular complexity index is 1600. The molecule has 4 aromatic rings. The molecule has 0 aliphatic heterocycles. The third kappa shape index (κ3) is 4.58. The van der Waals surface area contributed by atoms with Gasteiger partial charge in [0.1, 0.15) is 34.0 Å². The van der Waals surface area contributed by atoms with Crippen LogP contribution in [0.25, 0.3) is 11.0 Å². The van der Waals surface area contributed by atoms with Crippen molar-refractivity contribution in [1.29, 1.82) is 0 Å². The Morgan fingerprint density at radius 3 is 2.08 bits per heavy atom. The van der Waals surface area contributed by atoms with Crippen LogP contribution < -0.4 is 13.8 Å². The number of amides is 1. The summed E-state index contributed by atoms with van der Waals surface area (Å²) in [5, 5.41) is 0.299. The molecule has 0 unspecified atom stereocenters. The number of benzene rings is 3. The second kappa shape index (κ2) is 10.6. The quantitative estimate of drug-likeness (QED) is 0.284. The van der Waals surface area contributed by atoms with Gasteiger partial charge in [-0.15, -0.1) is 0 Å². The van der Waals surface area contributed by atoms with Crippen molar-refractivity contribution in [3.8, 4) is 11.5 Å². The van der Waals surface area contributed by atoms with Crippen LogP contribution in [0.5, 0.6) is 11.5 Å². The molecular formula is C28H27NO8S. The van der Waals surface area contributed by atoms with Crippen LogP contribution in [0, 0.1) is 6.92 Å². The molecule has 1 amide bonds. The van der Waals surface area contributed by atoms with E-state index in [1.165, 1.54) is 63.8 Å². The van der Waals surface area contributed by atoms with Crippen LogP contribution in [-0.4, -0.2) is 41.6 Å². The smallest absolute Gasteiger partial charge is 0.342 e. The Morgan fingerprint density at radius 2 is 1.53 bits per heavy atom. The Balaban J connectivity index is 2.00. The number of hydrogen-bond acceptors (Lipinski definition) is 8. The zero-order chi connectivity index (χ0) is 27.6. The van der Waals surface area contributed by atoms with Crippen LogP contribution in [0.4, 0.5) is 5.69 Å². The van der Waals surface area contributed by atoms with E-state index in [9.17, 15) is 18.0 Å². The van der Waals surface area contributed by atoms with E-state index in [4.69, 9.17) is 18.6 Å². The summed E-state index contributed by atoms with van der Waals surface area (Å²) in [7, 11) is -0.473. The molecule has 0 saturated heterocycles. The standard InChI is InChI=1S/C28H27NO8S/c1-6-18-10-13-20(14-11-18)38(32,33)29(27(30)26-23(34-3)8-7-9-24(26)35-4)19-12-15-22-21(16-19)25(17(2)37-22)28(31)36-5/h7-16H,6H2,1-5H3. The zero-order valence-corrected chi connectivity index (χ0v) is 22.4. The molecule has 0 aliphatic carbocycles. The van der Waals surface area contributed by atoms with Gasteiger partial charge in [0.25, 0.3) is 15.9 Å². The summed E-state index contributed by atoms with van der Waals surface area (Å²) in [5.41, 5.74) is 1.31. The number of fused-ring (bicyclic) bond motifs is 1. The van der Waals surface area contributed by atoms with Gasteiger partial charge < -0.3 is 18.6 Å². The molecule has 0 aliphatic rings. The molecule has 38 heavy (non-hydrogen) atoms. The van der Waals surface area contributed by atoms with E-state index < -0.39 is 21.9 Å². The number of aryl methyl sites for hydroxylation is 2. The molecule has 4 rings (SSSR count). The van der Waals surface area contributed by atoms with E-state index in [0.29, 0.717) is 27.5 Å². The van der Waals surface area contributed by atoms with Crippen molar-refractivity contribution in [1.82, 2.24) is 0 Å². The van der Waals surface area contributed by atoms with Gasteiger partial charge in [0.05, 0.1) is 31.9 Å². The van der Waals surface area contributed by atoms with Crippen LogP contribution >= 0.6 is 0 Å². The van der Waals surface area contributed by atoms with Crippen LogP contribution in [0.3, 0.4) is 0 Å². The number of anilines is 1. The van der Waals surface area contributed by atoms with Crippen LogP contribution in [-0.2, 0) is 21.2 Å². The predicted molar refractivity (Wildman–Crippen MR) is 142 cm³/mol. The van der Waals surface area contributed by atoms with E-state index >= 15 is 0 Å². The number of carbonyl (C=O) groups excluding carboxylic acids is 2. The first kappa shape index (κ1) is 26.7. The summed E-state index contributed by atoms with van der Waals surface area (Å²) in [6, 6.07) is 15.3. The first-order valence-electron chi connectivity index (χ1n) is 11.7. The van der Waals surface area contributed by atoms with Crippen molar-refractivity contribution >= 4 is 38.6 Å². The molecule has 0 fully saturated rings. The normalized spacial score (nSPS) is 11.3. The lowest BCUT2D eigenvalue weighted by atomic mass is 10.1. The van der Waals surface area contributed by atoms with Crippen LogP contribution in [0.1, 0.15) is 39.0 Å². The van der Waals surface area contributed by atoms with Gasteiger partial charge in [-0.3, -0.25) is 4.79 Å². The van der Waals surface area contributed by atoms with Gasteiger partial charge in [0, 0.05) is 5.39 Å². The molecule has 0 N–H and O–H groups in total. The highest BCUT2D eigenvalue weighted by Crippen LogP contribution is 2.36. The molecule has 198 valence electrons. The highest BCUT2D eigenvalue weighted by Gasteiger charge is 2.36. The molecule has 0 radical (unpaired) electrons. The van der Waals surface area contributed by atoms with E-state index in [0.717, 1.165) is 5.56 Å². The first-order valence-corrected chi connectivity index (χ1v) is 13.1. The molecule has 1 aromatic heterocycles. The lowest BCUT2D eigenvalue weighted by Crippen LogP contribution is -2.37. The number of nitrogens with zero attached hydrogens (tertiary/aromatic N) is 1. The van der Waals surface area contributed by atoms with E-state index in [1.807, 2.05) is 6.92 Å². The first-order chi connectivity index (χ1) is 18.2. The van der Waals surface area contributed by atoms with Gasteiger partial charge in [0.2, 0.25) is 0 Å². The van der Waals surface area contributed by atoms with Crippen molar-refractivity contribution in [3.63, 3.8) is 0 Å². The molecule has 0 spiro atoms. The maximum absolute atomic E-state index is 14.1. The SMILES string of the molecule is CCc1ccc(S(=O)(=O)N(C(=O)c2c(OC)cccc2OC)c2ccc3oc(C)c(C(=O)OC)c3c2)cc1. The van der Waals surface area contributed by atoms with E-state index in [2.05, 4.69) is 0 Å². The summed E-state index contributed by atoms with van der Waals surface area (Å²) in [4.78, 5) is 26.5. The van der Waals surface area contributed by atoms with Gasteiger partial charge in [-0.1, -0.05) is 25.1 Å². The van der Waals surface area contributed by atoms with Gasteiger partial charge in [0.15, 0.2) is 0 Å². The lowest BCUT2D eigenvalue weighted by Gasteiger charge is -2.24. The second-order valence-electron chi connectivity index (χ2n) is 8.31. The topological polar surface area (TPSA) is 112 Å². The monoisotopic (exact) mass is 537 g/mol. The number of carbonyl (C=O) groups is 2. The molecule has 9 nitrogen and oxygen atoms in total. The van der Waals surface area contributed by atoms with E-state index in [-0.39, 0.29) is 33.2 Å². The average Bonchev–Trinajstić information content (AvgIpc) is 3.26. The number of ether oxygens (including phenoxy) is 3. The number of methoxy groups -OCH3 is 3. The van der Waals surface area contributed by atoms with Crippen molar-refractivity contribution in [2.45, 2.75) is 25.2 Å². The summed E-state index contributed by atoms with van der Waals surface area (Å²) in [5.74, 6) is -0.997. The summed E-state index contributed by atoms with van der Waals surface area (Å²) in [6.07, 6.45) is 0.716. The van der Waals surface area contributed by atoms with Gasteiger partial charge in [-0.2, -0.15) is 4.31 Å². The third-order valence-electron chi connectivity index (χ3n) is 6.17. The number of rotatable bonds is 8. The van der Waals surface area contributed by atoms with Crippen LogP contribution in [0.15, 0.2) is 70.0 Å². The minimum Gasteiger partial charge on any atom is -0.496 e. The Morgan fingerprint density at radius 1 is 0.895 bits per heavy atom. The number of furan rings is 1. The number of sulfonamides is 1. The maximum Gasteiger partial charge on any atom is 0.342 e. The van der Waals surface area contributed by atoms with Gasteiger partial charge in [-0.05, 0) is 61.4 Å². The predicted octanol–water partition coefficient (Wildman–Crippen LogP) is 5.14. The lowest BCUT2D eigenvalue weighted by molar-refractivity contribution is 0.0600. The molecule has 1 heterocycles. The van der Waals surface area contributed by atoms with E-state index in [1.54, 1.807) is 25.1 Å². The summed E-state index contributed by atoms with van der Waals surface area (Å²) < 4.78 is 50.2. The van der Waals surface area contributed by atoms with Crippen molar-refractivity contribution in [3.05, 3.63) is 83.1 Å². The average molecular weight is 538 g/mol. The molecule has 0 atom stereocenters. The largest absolute Gasteiger partial charge is 0.496 e. The maximum atomic E-state index is 14.1.